The van der Waals surface area contributed by atoms with Gasteiger partial charge < -0.3 is 16.2 Å². The van der Waals surface area contributed by atoms with E-state index in [1.807, 2.05) is 26.0 Å². The average molecular weight is 278 g/mol. The predicted molar refractivity (Wildman–Crippen MR) is 81.5 cm³/mol. The Hall–Kier alpha value is -1.55. The van der Waals surface area contributed by atoms with Crippen molar-refractivity contribution in [3.8, 4) is 5.75 Å². The second-order valence-electron chi connectivity index (χ2n) is 5.52. The van der Waals surface area contributed by atoms with Crippen LogP contribution in [0, 0.1) is 5.92 Å². The normalized spacial score (nSPS) is 13.8. The highest BCUT2D eigenvalue weighted by Crippen LogP contribution is 2.11. The third kappa shape index (κ3) is 6.57. The van der Waals surface area contributed by atoms with Gasteiger partial charge in [-0.05, 0) is 43.9 Å². The lowest BCUT2D eigenvalue weighted by Crippen LogP contribution is -2.31. The minimum absolute atomic E-state index is 0.0357. The van der Waals surface area contributed by atoms with E-state index in [9.17, 15) is 9.90 Å². The van der Waals surface area contributed by atoms with E-state index < -0.39 is 0 Å². The molecule has 0 aliphatic rings. The van der Waals surface area contributed by atoms with Crippen molar-refractivity contribution in [1.29, 1.82) is 0 Å². The molecule has 0 bridgehead atoms. The van der Waals surface area contributed by atoms with Crippen molar-refractivity contribution in [1.82, 2.24) is 5.32 Å². The second-order valence-corrected chi connectivity index (χ2v) is 5.52. The lowest BCUT2D eigenvalue weighted by atomic mass is 10.0. The van der Waals surface area contributed by atoms with Crippen molar-refractivity contribution in [2.45, 2.75) is 45.6 Å². The molecule has 1 amide bonds. The van der Waals surface area contributed by atoms with Crippen molar-refractivity contribution in [2.24, 2.45) is 11.7 Å². The molecule has 4 N–H and O–H groups in total. The Labute approximate surface area is 121 Å². The van der Waals surface area contributed by atoms with Crippen LogP contribution in [0.3, 0.4) is 0 Å². The number of carbonyl (C=O) groups excluding carboxylic acids is 1. The van der Waals surface area contributed by atoms with E-state index in [1.54, 1.807) is 12.1 Å². The van der Waals surface area contributed by atoms with Crippen LogP contribution < -0.4 is 11.1 Å². The molecule has 0 fully saturated rings. The van der Waals surface area contributed by atoms with Gasteiger partial charge in [0.25, 0.3) is 0 Å². The summed E-state index contributed by atoms with van der Waals surface area (Å²) in [4.78, 5) is 11.9. The first kappa shape index (κ1) is 16.5. The number of phenols is 1. The third-order valence-electron chi connectivity index (χ3n) is 3.39. The summed E-state index contributed by atoms with van der Waals surface area (Å²) < 4.78 is 0. The molecule has 1 aromatic carbocycles. The first-order valence-corrected chi connectivity index (χ1v) is 7.30. The highest BCUT2D eigenvalue weighted by Gasteiger charge is 2.12. The average Bonchev–Trinajstić information content (AvgIpc) is 2.40. The molecule has 0 spiro atoms. The molecule has 2 atom stereocenters. The number of nitrogens with one attached hydrogen (secondary N) is 1. The Bertz CT molecular complexity index is 401. The minimum Gasteiger partial charge on any atom is -0.508 e. The summed E-state index contributed by atoms with van der Waals surface area (Å²) in [6.07, 6.45) is 3.61. The van der Waals surface area contributed by atoms with Crippen molar-refractivity contribution in [3.63, 3.8) is 0 Å². The monoisotopic (exact) mass is 278 g/mol. The van der Waals surface area contributed by atoms with Crippen molar-refractivity contribution < 1.29 is 9.90 Å². The number of hydrogen-bond acceptors (Lipinski definition) is 3. The van der Waals surface area contributed by atoms with Crippen molar-refractivity contribution >= 4 is 5.91 Å². The lowest BCUT2D eigenvalue weighted by molar-refractivity contribution is -0.124. The number of hydrogen-bond donors (Lipinski definition) is 3. The van der Waals surface area contributed by atoms with Gasteiger partial charge in [0.1, 0.15) is 5.75 Å². The molecule has 0 saturated heterocycles. The Morgan fingerprint density at radius 3 is 2.50 bits per heavy atom. The molecule has 4 heteroatoms. The molecule has 2 unspecified atom stereocenters. The van der Waals surface area contributed by atoms with Crippen LogP contribution in [-0.4, -0.2) is 23.6 Å². The molecule has 4 nitrogen and oxygen atoms in total. The summed E-state index contributed by atoms with van der Waals surface area (Å²) in [5, 5.41) is 12.1. The first-order chi connectivity index (χ1) is 9.49. The Kier molecular flexibility index (Phi) is 7.09. The third-order valence-corrected chi connectivity index (χ3v) is 3.39. The molecule has 0 heterocycles. The fourth-order valence-electron chi connectivity index (χ4n) is 2.04. The van der Waals surface area contributed by atoms with Gasteiger partial charge in [-0.1, -0.05) is 25.5 Å². The largest absolute Gasteiger partial charge is 0.508 e. The van der Waals surface area contributed by atoms with Gasteiger partial charge >= 0.3 is 0 Å². The van der Waals surface area contributed by atoms with Crippen LogP contribution in [0.15, 0.2) is 24.3 Å². The molecule has 1 aromatic rings. The number of phenolic OH excluding ortho intramolecular Hbond substituents is 1. The Morgan fingerprint density at radius 1 is 1.25 bits per heavy atom. The SMILES string of the molecule is CC(N)CCCC(C)C(=O)NCCc1ccc(O)cc1. The van der Waals surface area contributed by atoms with Crippen LogP contribution in [0.2, 0.25) is 0 Å². The molecular formula is C16H26N2O2. The second kappa shape index (κ2) is 8.59. The maximum absolute atomic E-state index is 11.9. The number of aromatic hydroxyl groups is 1. The predicted octanol–water partition coefficient (Wildman–Crippen LogP) is 2.20. The van der Waals surface area contributed by atoms with Gasteiger partial charge in [0, 0.05) is 18.5 Å². The summed E-state index contributed by atoms with van der Waals surface area (Å²) in [7, 11) is 0. The van der Waals surface area contributed by atoms with Crippen molar-refractivity contribution in [2.75, 3.05) is 6.54 Å². The first-order valence-electron chi connectivity index (χ1n) is 7.30. The van der Waals surface area contributed by atoms with Gasteiger partial charge in [-0.15, -0.1) is 0 Å². The number of nitrogens with two attached hydrogens (primary N) is 1. The molecule has 20 heavy (non-hydrogen) atoms. The Balaban J connectivity index is 2.20. The zero-order valence-corrected chi connectivity index (χ0v) is 12.4. The highest BCUT2D eigenvalue weighted by molar-refractivity contribution is 5.78. The molecular weight excluding hydrogens is 252 g/mol. The van der Waals surface area contributed by atoms with Gasteiger partial charge in [0.15, 0.2) is 0 Å². The fraction of sp³-hybridized carbons (Fsp3) is 0.562. The number of rotatable bonds is 8. The van der Waals surface area contributed by atoms with Crippen molar-refractivity contribution in [3.05, 3.63) is 29.8 Å². The summed E-state index contributed by atoms with van der Waals surface area (Å²) in [6.45, 7) is 4.57. The summed E-state index contributed by atoms with van der Waals surface area (Å²) in [5.41, 5.74) is 6.80. The molecule has 0 aliphatic heterocycles. The lowest BCUT2D eigenvalue weighted by Gasteiger charge is -2.13. The van der Waals surface area contributed by atoms with Crippen LogP contribution >= 0.6 is 0 Å². The Morgan fingerprint density at radius 2 is 1.90 bits per heavy atom. The quantitative estimate of drug-likeness (QED) is 0.682. The number of carbonyl (C=O) groups is 1. The van der Waals surface area contributed by atoms with E-state index in [-0.39, 0.29) is 23.6 Å². The maximum atomic E-state index is 11.9. The van der Waals surface area contributed by atoms with Crippen LogP contribution in [-0.2, 0) is 11.2 Å². The van der Waals surface area contributed by atoms with E-state index in [0.717, 1.165) is 31.2 Å². The molecule has 0 aliphatic carbocycles. The summed E-state index contributed by atoms with van der Waals surface area (Å²) in [5.74, 6) is 0.405. The van der Waals surface area contributed by atoms with E-state index in [2.05, 4.69) is 5.32 Å². The van der Waals surface area contributed by atoms with Gasteiger partial charge in [-0.3, -0.25) is 4.79 Å². The maximum Gasteiger partial charge on any atom is 0.222 e. The number of amides is 1. The van der Waals surface area contributed by atoms with E-state index in [0.29, 0.717) is 6.54 Å². The summed E-state index contributed by atoms with van der Waals surface area (Å²) >= 11 is 0. The van der Waals surface area contributed by atoms with Crippen LogP contribution in [0.5, 0.6) is 5.75 Å². The van der Waals surface area contributed by atoms with Gasteiger partial charge in [-0.2, -0.15) is 0 Å². The standard InChI is InChI=1S/C16H26N2O2/c1-12(4-3-5-13(2)17)16(20)18-11-10-14-6-8-15(19)9-7-14/h6-9,12-13,19H,3-5,10-11,17H2,1-2H3,(H,18,20). The smallest absolute Gasteiger partial charge is 0.222 e. The van der Waals surface area contributed by atoms with E-state index in [4.69, 9.17) is 5.73 Å². The van der Waals surface area contributed by atoms with Gasteiger partial charge in [0.05, 0.1) is 0 Å². The van der Waals surface area contributed by atoms with Gasteiger partial charge in [0.2, 0.25) is 5.91 Å². The van der Waals surface area contributed by atoms with Crippen LogP contribution in [0.4, 0.5) is 0 Å². The molecule has 0 aromatic heterocycles. The van der Waals surface area contributed by atoms with Crippen LogP contribution in [0.25, 0.3) is 0 Å². The van der Waals surface area contributed by atoms with Crippen LogP contribution in [0.1, 0.15) is 38.7 Å². The number of benzene rings is 1. The van der Waals surface area contributed by atoms with E-state index in [1.165, 1.54) is 0 Å². The topological polar surface area (TPSA) is 75.4 Å². The molecule has 112 valence electrons. The minimum atomic E-state index is 0.0357. The zero-order chi connectivity index (χ0) is 15.0. The van der Waals surface area contributed by atoms with Gasteiger partial charge in [-0.25, -0.2) is 0 Å². The fourth-order valence-corrected chi connectivity index (χ4v) is 2.04. The molecule has 1 rings (SSSR count). The molecule has 0 saturated carbocycles. The summed E-state index contributed by atoms with van der Waals surface area (Å²) in [6, 6.07) is 7.27. The zero-order valence-electron chi connectivity index (χ0n) is 12.4. The highest BCUT2D eigenvalue weighted by atomic mass is 16.3. The molecule has 0 radical (unpaired) electrons. The van der Waals surface area contributed by atoms with E-state index >= 15 is 0 Å².